The summed E-state index contributed by atoms with van der Waals surface area (Å²) in [4.78, 5) is 2.13. The van der Waals surface area contributed by atoms with Crippen LogP contribution >= 0.6 is 0 Å². The molecule has 1 aromatic rings. The van der Waals surface area contributed by atoms with Gasteiger partial charge in [-0.05, 0) is 12.5 Å². The van der Waals surface area contributed by atoms with Crippen LogP contribution in [-0.4, -0.2) is 31.9 Å². The molecule has 3 N–H and O–H groups in total. The molecule has 0 radical (unpaired) electrons. The number of aliphatic hydroxyl groups is 1. The number of benzene rings is 1. The van der Waals surface area contributed by atoms with Crippen LogP contribution in [-0.2, 0) is 0 Å². The molecule has 0 aliphatic carbocycles. The molecule has 1 aromatic carbocycles. The lowest BCUT2D eigenvalue weighted by Crippen LogP contribution is -2.27. The maximum absolute atomic E-state index is 9.09. The molecule has 0 atom stereocenters. The van der Waals surface area contributed by atoms with E-state index in [1.54, 1.807) is 13.2 Å². The first-order valence-electron chi connectivity index (χ1n) is 6.01. The zero-order valence-corrected chi connectivity index (χ0v) is 10.6. The first-order chi connectivity index (χ1) is 8.21. The van der Waals surface area contributed by atoms with Gasteiger partial charge in [0.05, 0.1) is 13.7 Å². The zero-order chi connectivity index (χ0) is 12.7. The molecule has 0 amide bonds. The summed E-state index contributed by atoms with van der Waals surface area (Å²) in [6, 6.07) is 5.65. The van der Waals surface area contributed by atoms with Crippen molar-refractivity contribution in [3.8, 4) is 5.75 Å². The van der Waals surface area contributed by atoms with E-state index in [-0.39, 0.29) is 6.61 Å². The summed E-state index contributed by atoms with van der Waals surface area (Å²) in [6.07, 6.45) is 2.22. The van der Waals surface area contributed by atoms with Crippen LogP contribution < -0.4 is 15.4 Å². The second-order valence-corrected chi connectivity index (χ2v) is 4.03. The molecule has 0 saturated heterocycles. The van der Waals surface area contributed by atoms with Gasteiger partial charge in [-0.3, -0.25) is 0 Å². The average Bonchev–Trinajstić information content (AvgIpc) is 2.33. The number of anilines is 2. The second-order valence-electron chi connectivity index (χ2n) is 4.03. The number of aliphatic hydroxyl groups excluding tert-OH is 1. The van der Waals surface area contributed by atoms with Crippen LogP contribution in [0.1, 0.15) is 19.8 Å². The number of ether oxygens (including phenoxy) is 1. The van der Waals surface area contributed by atoms with E-state index in [2.05, 4.69) is 11.8 Å². The van der Waals surface area contributed by atoms with Crippen molar-refractivity contribution in [3.63, 3.8) is 0 Å². The monoisotopic (exact) mass is 238 g/mol. The van der Waals surface area contributed by atoms with Gasteiger partial charge in [0.25, 0.3) is 0 Å². The SMILES string of the molecule is CCCCN(CCO)c1cc(N)cc(OC)c1. The van der Waals surface area contributed by atoms with E-state index in [0.29, 0.717) is 12.2 Å². The molecule has 4 nitrogen and oxygen atoms in total. The van der Waals surface area contributed by atoms with E-state index in [0.717, 1.165) is 30.8 Å². The fourth-order valence-corrected chi connectivity index (χ4v) is 1.75. The highest BCUT2D eigenvalue weighted by atomic mass is 16.5. The number of rotatable bonds is 7. The molecule has 0 spiro atoms. The lowest BCUT2D eigenvalue weighted by atomic mass is 10.2. The second kappa shape index (κ2) is 7.01. The summed E-state index contributed by atoms with van der Waals surface area (Å²) < 4.78 is 5.20. The lowest BCUT2D eigenvalue weighted by molar-refractivity contribution is 0.301. The minimum absolute atomic E-state index is 0.140. The molecule has 1 rings (SSSR count). The van der Waals surface area contributed by atoms with Crippen molar-refractivity contribution >= 4 is 11.4 Å². The molecule has 0 fully saturated rings. The summed E-state index contributed by atoms with van der Waals surface area (Å²) in [5, 5.41) is 9.09. The quantitative estimate of drug-likeness (QED) is 0.712. The standard InChI is InChI=1S/C13H22N2O2/c1-3-4-5-15(6-7-16)12-8-11(14)9-13(10-12)17-2/h8-10,16H,3-7,14H2,1-2H3. The summed E-state index contributed by atoms with van der Waals surface area (Å²) in [5.74, 6) is 0.749. The predicted molar refractivity (Wildman–Crippen MR) is 71.6 cm³/mol. The molecular weight excluding hydrogens is 216 g/mol. The van der Waals surface area contributed by atoms with Gasteiger partial charge in [0, 0.05) is 36.6 Å². The van der Waals surface area contributed by atoms with Gasteiger partial charge >= 0.3 is 0 Å². The third kappa shape index (κ3) is 4.15. The number of nitrogens with two attached hydrogens (primary N) is 1. The van der Waals surface area contributed by atoms with E-state index < -0.39 is 0 Å². The van der Waals surface area contributed by atoms with Crippen LogP contribution in [0.4, 0.5) is 11.4 Å². The van der Waals surface area contributed by atoms with Crippen molar-refractivity contribution in [1.29, 1.82) is 0 Å². The minimum Gasteiger partial charge on any atom is -0.497 e. The average molecular weight is 238 g/mol. The Morgan fingerprint density at radius 3 is 2.65 bits per heavy atom. The summed E-state index contributed by atoms with van der Waals surface area (Å²) in [6.45, 7) is 3.83. The van der Waals surface area contributed by atoms with E-state index in [1.165, 1.54) is 0 Å². The maximum atomic E-state index is 9.09. The lowest BCUT2D eigenvalue weighted by Gasteiger charge is -2.24. The Bertz CT molecular complexity index is 342. The third-order valence-corrected chi connectivity index (χ3v) is 2.67. The van der Waals surface area contributed by atoms with Crippen molar-refractivity contribution in [1.82, 2.24) is 0 Å². The molecule has 4 heteroatoms. The topological polar surface area (TPSA) is 58.7 Å². The maximum Gasteiger partial charge on any atom is 0.122 e. The molecule has 0 saturated carbocycles. The summed E-state index contributed by atoms with van der Waals surface area (Å²) in [5.41, 5.74) is 7.51. The Kier molecular flexibility index (Phi) is 5.63. The van der Waals surface area contributed by atoms with E-state index in [9.17, 15) is 0 Å². The number of unbranched alkanes of at least 4 members (excludes halogenated alkanes) is 1. The molecule has 0 heterocycles. The zero-order valence-electron chi connectivity index (χ0n) is 10.6. The predicted octanol–water partition coefficient (Wildman–Crippen LogP) is 1.88. The summed E-state index contributed by atoms with van der Waals surface area (Å²) >= 11 is 0. The van der Waals surface area contributed by atoms with E-state index in [1.807, 2.05) is 12.1 Å². The van der Waals surface area contributed by atoms with Gasteiger partial charge in [0.15, 0.2) is 0 Å². The highest BCUT2D eigenvalue weighted by Gasteiger charge is 2.07. The van der Waals surface area contributed by atoms with Crippen LogP contribution in [0.5, 0.6) is 5.75 Å². The van der Waals surface area contributed by atoms with Gasteiger partial charge in [-0.25, -0.2) is 0 Å². The van der Waals surface area contributed by atoms with Crippen LogP contribution in [0.2, 0.25) is 0 Å². The molecule has 96 valence electrons. The smallest absolute Gasteiger partial charge is 0.122 e. The van der Waals surface area contributed by atoms with Gasteiger partial charge < -0.3 is 20.5 Å². The van der Waals surface area contributed by atoms with Crippen LogP contribution in [0, 0.1) is 0 Å². The van der Waals surface area contributed by atoms with Gasteiger partial charge in [-0.15, -0.1) is 0 Å². The van der Waals surface area contributed by atoms with Gasteiger partial charge in [0.1, 0.15) is 5.75 Å². The number of nitrogen functional groups attached to an aromatic ring is 1. The largest absolute Gasteiger partial charge is 0.497 e. The fourth-order valence-electron chi connectivity index (χ4n) is 1.75. The van der Waals surface area contributed by atoms with Gasteiger partial charge in [-0.1, -0.05) is 13.3 Å². The minimum atomic E-state index is 0.140. The van der Waals surface area contributed by atoms with Gasteiger partial charge in [0.2, 0.25) is 0 Å². The first kappa shape index (κ1) is 13.6. The normalized spacial score (nSPS) is 10.3. The molecule has 17 heavy (non-hydrogen) atoms. The molecule has 0 aliphatic rings. The third-order valence-electron chi connectivity index (χ3n) is 2.67. The van der Waals surface area contributed by atoms with Crippen molar-refractivity contribution in [2.75, 3.05) is 37.4 Å². The Hall–Kier alpha value is -1.42. The highest BCUT2D eigenvalue weighted by Crippen LogP contribution is 2.25. The fraction of sp³-hybridized carbons (Fsp3) is 0.538. The Morgan fingerprint density at radius 1 is 1.29 bits per heavy atom. The Balaban J connectivity index is 2.87. The number of hydrogen-bond donors (Lipinski definition) is 2. The summed E-state index contributed by atoms with van der Waals surface area (Å²) in [7, 11) is 1.63. The number of methoxy groups -OCH3 is 1. The van der Waals surface area contributed by atoms with Crippen molar-refractivity contribution in [2.24, 2.45) is 0 Å². The molecule has 0 bridgehead atoms. The molecule has 0 unspecified atom stereocenters. The molecular formula is C13H22N2O2. The Morgan fingerprint density at radius 2 is 2.06 bits per heavy atom. The molecule has 0 aliphatic heterocycles. The van der Waals surface area contributed by atoms with Crippen LogP contribution in [0.25, 0.3) is 0 Å². The Labute approximate surface area is 103 Å². The van der Waals surface area contributed by atoms with Crippen LogP contribution in [0.3, 0.4) is 0 Å². The van der Waals surface area contributed by atoms with E-state index >= 15 is 0 Å². The number of nitrogens with zero attached hydrogens (tertiary/aromatic N) is 1. The van der Waals surface area contributed by atoms with Crippen molar-refractivity contribution in [2.45, 2.75) is 19.8 Å². The molecule has 0 aromatic heterocycles. The number of hydrogen-bond acceptors (Lipinski definition) is 4. The van der Waals surface area contributed by atoms with Crippen LogP contribution in [0.15, 0.2) is 18.2 Å². The highest BCUT2D eigenvalue weighted by molar-refractivity contribution is 5.60. The van der Waals surface area contributed by atoms with Gasteiger partial charge in [-0.2, -0.15) is 0 Å². The van der Waals surface area contributed by atoms with Crippen molar-refractivity contribution < 1.29 is 9.84 Å². The first-order valence-corrected chi connectivity index (χ1v) is 6.01. The van der Waals surface area contributed by atoms with Crippen molar-refractivity contribution in [3.05, 3.63) is 18.2 Å². The van der Waals surface area contributed by atoms with E-state index in [4.69, 9.17) is 15.6 Å².